The molecule has 0 aliphatic heterocycles. The van der Waals surface area contributed by atoms with Crippen molar-refractivity contribution in [3.05, 3.63) is 34.3 Å². The maximum absolute atomic E-state index is 6.05. The predicted octanol–water partition coefficient (Wildman–Crippen LogP) is 3.15. The molecule has 2 rings (SSSR count). The van der Waals surface area contributed by atoms with Gasteiger partial charge in [-0.15, -0.1) is 0 Å². The van der Waals surface area contributed by atoms with Crippen molar-refractivity contribution < 1.29 is 0 Å². The lowest BCUT2D eigenvalue weighted by Gasteiger charge is -2.34. The fraction of sp³-hybridized carbons (Fsp3) is 0.571. The molecular formula is C14H21BrN2. The lowest BCUT2D eigenvalue weighted by atomic mass is 9.90. The molecule has 1 aliphatic carbocycles. The van der Waals surface area contributed by atoms with E-state index in [1.165, 1.54) is 24.8 Å². The van der Waals surface area contributed by atoms with Crippen molar-refractivity contribution in [1.29, 1.82) is 0 Å². The van der Waals surface area contributed by atoms with E-state index in [9.17, 15) is 0 Å². The van der Waals surface area contributed by atoms with Gasteiger partial charge in [0.05, 0.1) is 0 Å². The summed E-state index contributed by atoms with van der Waals surface area (Å²) in [5, 5.41) is 0. The zero-order chi connectivity index (χ0) is 12.3. The van der Waals surface area contributed by atoms with Crippen LogP contribution in [0.25, 0.3) is 0 Å². The van der Waals surface area contributed by atoms with E-state index in [2.05, 4.69) is 52.1 Å². The summed E-state index contributed by atoms with van der Waals surface area (Å²) in [5.74, 6) is 0. The van der Waals surface area contributed by atoms with Gasteiger partial charge in [-0.1, -0.05) is 34.5 Å². The minimum Gasteiger partial charge on any atom is -0.328 e. The second-order valence-electron chi connectivity index (χ2n) is 5.13. The van der Waals surface area contributed by atoms with E-state index in [0.717, 1.165) is 17.4 Å². The van der Waals surface area contributed by atoms with E-state index in [-0.39, 0.29) is 0 Å². The molecule has 1 aliphatic rings. The lowest BCUT2D eigenvalue weighted by Crippen LogP contribution is -2.40. The van der Waals surface area contributed by atoms with Gasteiger partial charge in [0.25, 0.3) is 0 Å². The predicted molar refractivity (Wildman–Crippen MR) is 75.8 cm³/mol. The molecule has 0 radical (unpaired) electrons. The summed E-state index contributed by atoms with van der Waals surface area (Å²) < 4.78 is 1.16. The van der Waals surface area contributed by atoms with Crippen molar-refractivity contribution in [2.45, 2.75) is 44.3 Å². The summed E-state index contributed by atoms with van der Waals surface area (Å²) in [7, 11) is 2.21. The maximum Gasteiger partial charge on any atom is 0.0234 e. The zero-order valence-electron chi connectivity index (χ0n) is 10.4. The Morgan fingerprint density at radius 3 is 2.94 bits per heavy atom. The maximum atomic E-state index is 6.05. The Hall–Kier alpha value is -0.380. The van der Waals surface area contributed by atoms with Crippen LogP contribution in [-0.2, 0) is 6.54 Å². The fourth-order valence-corrected chi connectivity index (χ4v) is 3.10. The topological polar surface area (TPSA) is 29.3 Å². The Morgan fingerprint density at radius 1 is 1.41 bits per heavy atom. The molecule has 0 saturated heterocycles. The smallest absolute Gasteiger partial charge is 0.0234 e. The monoisotopic (exact) mass is 296 g/mol. The van der Waals surface area contributed by atoms with Crippen molar-refractivity contribution in [2.75, 3.05) is 7.05 Å². The van der Waals surface area contributed by atoms with Gasteiger partial charge in [0, 0.05) is 23.1 Å². The van der Waals surface area contributed by atoms with Crippen LogP contribution in [-0.4, -0.2) is 24.0 Å². The summed E-state index contributed by atoms with van der Waals surface area (Å²) in [6.45, 7) is 1.01. The molecule has 0 aromatic heterocycles. The molecule has 2 N–H and O–H groups in total. The van der Waals surface area contributed by atoms with Gasteiger partial charge in [0.15, 0.2) is 0 Å². The second kappa shape index (κ2) is 5.98. The SMILES string of the molecule is CN(Cc1cccc(Br)c1)C1CCCC(N)C1. The molecule has 0 heterocycles. The molecule has 3 heteroatoms. The lowest BCUT2D eigenvalue weighted by molar-refractivity contribution is 0.173. The average Bonchev–Trinajstić information content (AvgIpc) is 2.29. The first-order chi connectivity index (χ1) is 8.15. The number of nitrogens with zero attached hydrogens (tertiary/aromatic N) is 1. The minimum absolute atomic E-state index is 0.402. The van der Waals surface area contributed by atoms with Gasteiger partial charge in [-0.05, 0) is 44.0 Å². The van der Waals surface area contributed by atoms with Gasteiger partial charge in [-0.25, -0.2) is 0 Å². The molecular weight excluding hydrogens is 276 g/mol. The summed E-state index contributed by atoms with van der Waals surface area (Å²) in [6, 6.07) is 9.60. The van der Waals surface area contributed by atoms with Crippen LogP contribution in [0, 0.1) is 0 Å². The molecule has 2 unspecified atom stereocenters. The molecule has 0 bridgehead atoms. The summed E-state index contributed by atoms with van der Waals surface area (Å²) in [5.41, 5.74) is 7.41. The highest BCUT2D eigenvalue weighted by Gasteiger charge is 2.22. The number of benzene rings is 1. The van der Waals surface area contributed by atoms with E-state index >= 15 is 0 Å². The van der Waals surface area contributed by atoms with E-state index in [0.29, 0.717) is 12.1 Å². The van der Waals surface area contributed by atoms with Crippen molar-refractivity contribution in [2.24, 2.45) is 5.73 Å². The second-order valence-corrected chi connectivity index (χ2v) is 6.04. The largest absolute Gasteiger partial charge is 0.328 e. The van der Waals surface area contributed by atoms with E-state index in [1.807, 2.05) is 0 Å². The molecule has 1 aromatic rings. The Morgan fingerprint density at radius 2 is 2.24 bits per heavy atom. The third-order valence-corrected chi connectivity index (χ3v) is 4.12. The van der Waals surface area contributed by atoms with Gasteiger partial charge in [0.2, 0.25) is 0 Å². The molecule has 94 valence electrons. The Balaban J connectivity index is 1.94. The van der Waals surface area contributed by atoms with Crippen LogP contribution < -0.4 is 5.73 Å². The highest BCUT2D eigenvalue weighted by molar-refractivity contribution is 9.10. The van der Waals surface area contributed by atoms with Gasteiger partial charge in [-0.2, -0.15) is 0 Å². The number of hydrogen-bond donors (Lipinski definition) is 1. The first kappa shape index (κ1) is 13.1. The molecule has 0 spiro atoms. The van der Waals surface area contributed by atoms with Gasteiger partial charge >= 0.3 is 0 Å². The van der Waals surface area contributed by atoms with Crippen molar-refractivity contribution in [3.8, 4) is 0 Å². The Labute approximate surface area is 112 Å². The van der Waals surface area contributed by atoms with Crippen molar-refractivity contribution in [3.63, 3.8) is 0 Å². The summed E-state index contributed by atoms with van der Waals surface area (Å²) >= 11 is 3.52. The normalized spacial score (nSPS) is 25.2. The molecule has 2 atom stereocenters. The Bertz CT molecular complexity index is 367. The molecule has 17 heavy (non-hydrogen) atoms. The highest BCUT2D eigenvalue weighted by Crippen LogP contribution is 2.23. The van der Waals surface area contributed by atoms with Gasteiger partial charge in [-0.3, -0.25) is 4.90 Å². The van der Waals surface area contributed by atoms with Crippen molar-refractivity contribution >= 4 is 15.9 Å². The average molecular weight is 297 g/mol. The van der Waals surface area contributed by atoms with Crippen LogP contribution in [0.1, 0.15) is 31.2 Å². The molecule has 0 amide bonds. The first-order valence-electron chi connectivity index (χ1n) is 6.35. The fourth-order valence-electron chi connectivity index (χ4n) is 2.65. The van der Waals surface area contributed by atoms with E-state index in [4.69, 9.17) is 5.73 Å². The molecule has 1 fully saturated rings. The quantitative estimate of drug-likeness (QED) is 0.928. The van der Waals surface area contributed by atoms with Crippen LogP contribution in [0.2, 0.25) is 0 Å². The molecule has 2 nitrogen and oxygen atoms in total. The van der Waals surface area contributed by atoms with Crippen LogP contribution in [0.15, 0.2) is 28.7 Å². The number of rotatable bonds is 3. The van der Waals surface area contributed by atoms with Gasteiger partial charge in [0.1, 0.15) is 0 Å². The first-order valence-corrected chi connectivity index (χ1v) is 7.14. The zero-order valence-corrected chi connectivity index (χ0v) is 12.0. The van der Waals surface area contributed by atoms with Crippen LogP contribution in [0.5, 0.6) is 0 Å². The standard InChI is InChI=1S/C14H21BrN2/c1-17(14-7-3-6-13(16)9-14)10-11-4-2-5-12(15)8-11/h2,4-5,8,13-14H,3,6-7,9-10,16H2,1H3. The van der Waals surface area contributed by atoms with Crippen LogP contribution in [0.4, 0.5) is 0 Å². The minimum atomic E-state index is 0.402. The summed E-state index contributed by atoms with van der Waals surface area (Å²) in [4.78, 5) is 2.45. The third-order valence-electron chi connectivity index (χ3n) is 3.63. The van der Waals surface area contributed by atoms with Gasteiger partial charge < -0.3 is 5.73 Å². The highest BCUT2D eigenvalue weighted by atomic mass is 79.9. The van der Waals surface area contributed by atoms with Crippen LogP contribution >= 0.6 is 15.9 Å². The third kappa shape index (κ3) is 3.80. The molecule has 1 aromatic carbocycles. The van der Waals surface area contributed by atoms with Crippen molar-refractivity contribution in [1.82, 2.24) is 4.90 Å². The van der Waals surface area contributed by atoms with Crippen LogP contribution in [0.3, 0.4) is 0 Å². The number of nitrogens with two attached hydrogens (primary N) is 1. The van der Waals surface area contributed by atoms with E-state index < -0.39 is 0 Å². The summed E-state index contributed by atoms with van der Waals surface area (Å²) in [6.07, 6.45) is 4.90. The molecule has 1 saturated carbocycles. The number of hydrogen-bond acceptors (Lipinski definition) is 2. The number of halogens is 1. The Kier molecular flexibility index (Phi) is 4.60. The van der Waals surface area contributed by atoms with E-state index in [1.54, 1.807) is 0 Å².